The lowest BCUT2D eigenvalue weighted by Gasteiger charge is -2.31. The first-order chi connectivity index (χ1) is 12.5. The van der Waals surface area contributed by atoms with E-state index in [9.17, 15) is 14.4 Å². The largest absolute Gasteiger partial charge is 0.450 e. The number of amides is 2. The fourth-order valence-electron chi connectivity index (χ4n) is 3.48. The highest BCUT2D eigenvalue weighted by atomic mass is 16.6. The average molecular weight is 362 g/mol. The lowest BCUT2D eigenvalue weighted by atomic mass is 9.83. The molecule has 1 saturated carbocycles. The minimum Gasteiger partial charge on any atom is -0.450 e. The Kier molecular flexibility index (Phi) is 5.64. The van der Waals surface area contributed by atoms with Crippen molar-refractivity contribution < 1.29 is 18.7 Å². The van der Waals surface area contributed by atoms with Crippen LogP contribution in [0, 0.1) is 6.92 Å². The zero-order chi connectivity index (χ0) is 18.7. The first-order valence-electron chi connectivity index (χ1n) is 9.36. The maximum atomic E-state index is 12.6. The van der Waals surface area contributed by atoms with Gasteiger partial charge in [-0.05, 0) is 51.2 Å². The van der Waals surface area contributed by atoms with Gasteiger partial charge in [0.15, 0.2) is 0 Å². The number of hydrogen-bond donors (Lipinski definition) is 1. The van der Waals surface area contributed by atoms with Gasteiger partial charge in [0.1, 0.15) is 11.3 Å². The Bertz CT molecular complexity index is 730. The van der Waals surface area contributed by atoms with Crippen LogP contribution in [0.4, 0.5) is 4.79 Å². The number of nitrogens with one attached hydrogen (secondary N) is 1. The molecule has 0 aromatic carbocycles. The van der Waals surface area contributed by atoms with Gasteiger partial charge >= 0.3 is 11.7 Å². The molecule has 1 aliphatic heterocycles. The Labute approximate surface area is 152 Å². The van der Waals surface area contributed by atoms with E-state index in [1.54, 1.807) is 18.7 Å². The number of aryl methyl sites for hydroxylation is 1. The molecule has 0 atom stereocenters. The number of ether oxygens (including phenoxy) is 1. The number of likely N-dealkylation sites (tertiary alicyclic amines) is 1. The summed E-state index contributed by atoms with van der Waals surface area (Å²) in [6, 6.07) is 1.75. The number of hydrogen-bond acceptors (Lipinski definition) is 5. The number of piperidine rings is 1. The Hall–Kier alpha value is -2.31. The third kappa shape index (κ3) is 3.92. The molecule has 3 rings (SSSR count). The highest BCUT2D eigenvalue weighted by molar-refractivity contribution is 5.95. The summed E-state index contributed by atoms with van der Waals surface area (Å²) in [6.45, 7) is 4.95. The van der Waals surface area contributed by atoms with Crippen molar-refractivity contribution in [3.63, 3.8) is 0 Å². The van der Waals surface area contributed by atoms with Crippen molar-refractivity contribution in [2.45, 2.75) is 57.9 Å². The molecule has 2 amide bonds. The van der Waals surface area contributed by atoms with Crippen LogP contribution in [0.2, 0.25) is 0 Å². The van der Waals surface area contributed by atoms with E-state index < -0.39 is 11.5 Å². The molecule has 0 bridgehead atoms. The maximum absolute atomic E-state index is 12.6. The van der Waals surface area contributed by atoms with E-state index in [1.165, 1.54) is 0 Å². The first kappa shape index (κ1) is 18.5. The third-order valence-corrected chi connectivity index (χ3v) is 5.26. The molecule has 1 N–H and O–H groups in total. The molecular weight excluding hydrogens is 336 g/mol. The van der Waals surface area contributed by atoms with Crippen molar-refractivity contribution in [2.75, 3.05) is 19.7 Å². The predicted molar refractivity (Wildman–Crippen MR) is 95.4 cm³/mol. The third-order valence-electron chi connectivity index (χ3n) is 5.26. The second-order valence-electron chi connectivity index (χ2n) is 7.06. The predicted octanol–water partition coefficient (Wildman–Crippen LogP) is 2.57. The Morgan fingerprint density at radius 3 is 2.50 bits per heavy atom. The molecule has 142 valence electrons. The molecule has 0 unspecified atom stereocenters. The SMILES string of the molecule is CCOC(=O)N1CCC(NC(=O)c2c(C)cc(C3CCC3)oc2=O)CC1. The molecule has 2 heterocycles. The summed E-state index contributed by atoms with van der Waals surface area (Å²) < 4.78 is 10.4. The zero-order valence-electron chi connectivity index (χ0n) is 15.4. The molecule has 1 aromatic heterocycles. The van der Waals surface area contributed by atoms with Gasteiger partial charge in [-0.15, -0.1) is 0 Å². The van der Waals surface area contributed by atoms with Gasteiger partial charge in [0.2, 0.25) is 0 Å². The molecule has 1 aromatic rings. The van der Waals surface area contributed by atoms with E-state index >= 15 is 0 Å². The lowest BCUT2D eigenvalue weighted by Crippen LogP contribution is -2.47. The summed E-state index contributed by atoms with van der Waals surface area (Å²) in [4.78, 5) is 38.2. The fraction of sp³-hybridized carbons (Fsp3) is 0.632. The monoisotopic (exact) mass is 362 g/mol. The molecular formula is C19H26N2O5. The van der Waals surface area contributed by atoms with E-state index in [2.05, 4.69) is 5.32 Å². The first-order valence-corrected chi connectivity index (χ1v) is 9.36. The highest BCUT2D eigenvalue weighted by Gasteiger charge is 2.28. The van der Waals surface area contributed by atoms with Crippen LogP contribution in [0.3, 0.4) is 0 Å². The molecule has 1 saturated heterocycles. The van der Waals surface area contributed by atoms with Crippen LogP contribution in [0.1, 0.15) is 66.6 Å². The van der Waals surface area contributed by atoms with Crippen molar-refractivity contribution in [2.24, 2.45) is 0 Å². The van der Waals surface area contributed by atoms with Crippen LogP contribution in [0.15, 0.2) is 15.3 Å². The molecule has 26 heavy (non-hydrogen) atoms. The van der Waals surface area contributed by atoms with Crippen molar-refractivity contribution >= 4 is 12.0 Å². The topological polar surface area (TPSA) is 88.8 Å². The normalized spacial score (nSPS) is 18.3. The average Bonchev–Trinajstić information content (AvgIpc) is 2.53. The van der Waals surface area contributed by atoms with E-state index in [0.29, 0.717) is 49.8 Å². The summed E-state index contributed by atoms with van der Waals surface area (Å²) >= 11 is 0. The van der Waals surface area contributed by atoms with Crippen LogP contribution in [-0.4, -0.2) is 42.6 Å². The van der Waals surface area contributed by atoms with Gasteiger partial charge in [-0.1, -0.05) is 6.42 Å². The van der Waals surface area contributed by atoms with Crippen molar-refractivity contribution in [3.8, 4) is 0 Å². The molecule has 7 nitrogen and oxygen atoms in total. The summed E-state index contributed by atoms with van der Waals surface area (Å²) in [7, 11) is 0. The van der Waals surface area contributed by atoms with Gasteiger partial charge in [-0.2, -0.15) is 0 Å². The zero-order valence-corrected chi connectivity index (χ0v) is 15.4. The Balaban J connectivity index is 1.60. The van der Waals surface area contributed by atoms with Crippen molar-refractivity contribution in [1.82, 2.24) is 10.2 Å². The van der Waals surface area contributed by atoms with Gasteiger partial charge in [0, 0.05) is 25.0 Å². The molecule has 7 heteroatoms. The maximum Gasteiger partial charge on any atom is 0.409 e. The summed E-state index contributed by atoms with van der Waals surface area (Å²) in [5.41, 5.74) is 0.180. The number of rotatable bonds is 4. The molecule has 0 spiro atoms. The Morgan fingerprint density at radius 2 is 1.96 bits per heavy atom. The summed E-state index contributed by atoms with van der Waals surface area (Å²) in [5, 5.41) is 2.91. The Morgan fingerprint density at radius 1 is 1.27 bits per heavy atom. The van der Waals surface area contributed by atoms with E-state index in [4.69, 9.17) is 9.15 Å². The molecule has 2 fully saturated rings. The van der Waals surface area contributed by atoms with Crippen LogP contribution < -0.4 is 10.9 Å². The molecule has 2 aliphatic rings. The van der Waals surface area contributed by atoms with Gasteiger partial charge in [0.05, 0.1) is 6.61 Å². The minimum absolute atomic E-state index is 0.0710. The van der Waals surface area contributed by atoms with Crippen LogP contribution >= 0.6 is 0 Å². The van der Waals surface area contributed by atoms with Crippen molar-refractivity contribution in [3.05, 3.63) is 33.4 Å². The van der Waals surface area contributed by atoms with Crippen LogP contribution in [0.25, 0.3) is 0 Å². The van der Waals surface area contributed by atoms with E-state index in [1.807, 2.05) is 6.07 Å². The fourth-order valence-corrected chi connectivity index (χ4v) is 3.48. The standard InChI is InChI=1S/C19H26N2O5/c1-3-25-19(24)21-9-7-14(8-10-21)20-17(22)16-12(2)11-15(26-18(16)23)13-5-4-6-13/h11,13-14H,3-10H2,1-2H3,(H,20,22). The quantitative estimate of drug-likeness (QED) is 0.889. The summed E-state index contributed by atoms with van der Waals surface area (Å²) in [5.74, 6) is 0.606. The molecule has 0 radical (unpaired) electrons. The van der Waals surface area contributed by atoms with Crippen LogP contribution in [0.5, 0.6) is 0 Å². The minimum atomic E-state index is -0.562. The van der Waals surface area contributed by atoms with Gasteiger partial charge < -0.3 is 19.4 Å². The summed E-state index contributed by atoms with van der Waals surface area (Å²) in [6.07, 6.45) is 4.17. The van der Waals surface area contributed by atoms with Gasteiger partial charge in [-0.25, -0.2) is 9.59 Å². The smallest absolute Gasteiger partial charge is 0.409 e. The molecule has 1 aliphatic carbocycles. The lowest BCUT2D eigenvalue weighted by molar-refractivity contribution is 0.0856. The van der Waals surface area contributed by atoms with E-state index in [0.717, 1.165) is 19.3 Å². The van der Waals surface area contributed by atoms with Crippen LogP contribution in [-0.2, 0) is 4.74 Å². The number of carbonyl (C=O) groups excluding carboxylic acids is 2. The number of carbonyl (C=O) groups is 2. The second kappa shape index (κ2) is 7.93. The highest BCUT2D eigenvalue weighted by Crippen LogP contribution is 2.36. The van der Waals surface area contributed by atoms with E-state index in [-0.39, 0.29) is 17.7 Å². The van der Waals surface area contributed by atoms with Gasteiger partial charge in [-0.3, -0.25) is 4.79 Å². The second-order valence-corrected chi connectivity index (χ2v) is 7.06. The number of nitrogens with zero attached hydrogens (tertiary/aromatic N) is 1. The van der Waals surface area contributed by atoms with Gasteiger partial charge in [0.25, 0.3) is 5.91 Å². The van der Waals surface area contributed by atoms with Crippen molar-refractivity contribution in [1.29, 1.82) is 0 Å².